The zero-order valence-electron chi connectivity index (χ0n) is 9.18. The van der Waals surface area contributed by atoms with E-state index in [1.54, 1.807) is 0 Å². The van der Waals surface area contributed by atoms with E-state index < -0.39 is 0 Å². The van der Waals surface area contributed by atoms with Gasteiger partial charge in [-0.25, -0.2) is 0 Å². The Balaban J connectivity index is 2.67. The molecule has 1 aliphatic rings. The van der Waals surface area contributed by atoms with Gasteiger partial charge in [0.1, 0.15) is 0 Å². The molecule has 0 saturated carbocycles. The third kappa shape index (κ3) is 1.04. The van der Waals surface area contributed by atoms with Gasteiger partial charge >= 0.3 is 0 Å². The van der Waals surface area contributed by atoms with Crippen LogP contribution in [0.3, 0.4) is 0 Å². The highest BCUT2D eigenvalue weighted by atomic mass is 15.3. The molecule has 0 atom stereocenters. The van der Waals surface area contributed by atoms with Gasteiger partial charge in [-0.05, 0) is 17.4 Å². The first-order valence-corrected chi connectivity index (χ1v) is 4.87. The Labute approximate surface area is 80.0 Å². The third-order valence-corrected chi connectivity index (χ3v) is 3.19. The van der Waals surface area contributed by atoms with Crippen LogP contribution in [0.1, 0.15) is 45.4 Å². The molecule has 0 aromatic carbocycles. The predicted octanol–water partition coefficient (Wildman–Crippen LogP) is 2.38. The van der Waals surface area contributed by atoms with E-state index >= 15 is 0 Å². The van der Waals surface area contributed by atoms with E-state index in [9.17, 15) is 0 Å². The molecular formula is C11H18N2. The van der Waals surface area contributed by atoms with E-state index in [0.717, 1.165) is 0 Å². The van der Waals surface area contributed by atoms with Gasteiger partial charge in [-0.1, -0.05) is 27.7 Å². The Morgan fingerprint density at radius 1 is 1.23 bits per heavy atom. The summed E-state index contributed by atoms with van der Waals surface area (Å²) in [6, 6.07) is 0. The van der Waals surface area contributed by atoms with Crippen molar-refractivity contribution in [3.63, 3.8) is 0 Å². The van der Waals surface area contributed by atoms with Crippen molar-refractivity contribution in [1.82, 2.24) is 9.78 Å². The highest BCUT2D eigenvalue weighted by molar-refractivity contribution is 5.38. The largest absolute Gasteiger partial charge is 0.272 e. The Morgan fingerprint density at radius 2 is 1.85 bits per heavy atom. The smallest absolute Gasteiger partial charge is 0.0530 e. The van der Waals surface area contributed by atoms with Gasteiger partial charge in [-0.3, -0.25) is 4.68 Å². The summed E-state index contributed by atoms with van der Waals surface area (Å²) in [4.78, 5) is 0. The molecule has 0 saturated heterocycles. The van der Waals surface area contributed by atoms with Crippen molar-refractivity contribution >= 4 is 0 Å². The monoisotopic (exact) mass is 178 g/mol. The number of aromatic nitrogens is 2. The summed E-state index contributed by atoms with van der Waals surface area (Å²) in [5.41, 5.74) is 3.43. The molecular weight excluding hydrogens is 160 g/mol. The van der Waals surface area contributed by atoms with Crippen LogP contribution in [0, 0.1) is 0 Å². The normalized spacial score (nSPS) is 23.2. The fourth-order valence-electron chi connectivity index (χ4n) is 3.02. The van der Waals surface area contributed by atoms with Gasteiger partial charge in [0.15, 0.2) is 0 Å². The van der Waals surface area contributed by atoms with Gasteiger partial charge in [0.25, 0.3) is 0 Å². The minimum absolute atomic E-state index is 0.282. The second-order valence-electron chi connectivity index (χ2n) is 5.48. The zero-order valence-corrected chi connectivity index (χ0v) is 9.18. The number of rotatable bonds is 0. The maximum absolute atomic E-state index is 4.35. The SMILES string of the molecule is Cn1ncc2c1C(C)(C)CC2(C)C. The first-order chi connectivity index (χ1) is 5.84. The number of hydrogen-bond donors (Lipinski definition) is 0. The fourth-order valence-corrected chi connectivity index (χ4v) is 3.02. The number of nitrogens with zero attached hydrogens (tertiary/aromatic N) is 2. The van der Waals surface area contributed by atoms with Crippen LogP contribution in [-0.4, -0.2) is 9.78 Å². The quantitative estimate of drug-likeness (QED) is 0.596. The van der Waals surface area contributed by atoms with Crippen molar-refractivity contribution in [3.8, 4) is 0 Å². The minimum atomic E-state index is 0.282. The van der Waals surface area contributed by atoms with Crippen molar-refractivity contribution in [1.29, 1.82) is 0 Å². The van der Waals surface area contributed by atoms with E-state index in [1.165, 1.54) is 17.7 Å². The number of aryl methyl sites for hydroxylation is 1. The van der Waals surface area contributed by atoms with Crippen LogP contribution < -0.4 is 0 Å². The van der Waals surface area contributed by atoms with Crippen molar-refractivity contribution in [2.45, 2.75) is 44.9 Å². The number of hydrogen-bond acceptors (Lipinski definition) is 1. The van der Waals surface area contributed by atoms with Gasteiger partial charge in [0.2, 0.25) is 0 Å². The Morgan fingerprint density at radius 3 is 2.38 bits per heavy atom. The standard InChI is InChI=1S/C11H18N2/c1-10(2)7-11(3,4)9-8(10)6-12-13(9)5/h6H,7H2,1-5H3. The van der Waals surface area contributed by atoms with Crippen LogP contribution in [0.25, 0.3) is 0 Å². The summed E-state index contributed by atoms with van der Waals surface area (Å²) in [5, 5.41) is 4.35. The molecule has 2 nitrogen and oxygen atoms in total. The molecule has 0 unspecified atom stereocenters. The molecule has 13 heavy (non-hydrogen) atoms. The predicted molar refractivity (Wildman–Crippen MR) is 53.9 cm³/mol. The van der Waals surface area contributed by atoms with Gasteiger partial charge in [0, 0.05) is 18.2 Å². The van der Waals surface area contributed by atoms with Crippen LogP contribution in [-0.2, 0) is 17.9 Å². The van der Waals surface area contributed by atoms with Crippen molar-refractivity contribution < 1.29 is 0 Å². The summed E-state index contributed by atoms with van der Waals surface area (Å²) in [6.07, 6.45) is 3.26. The van der Waals surface area contributed by atoms with Crippen LogP contribution in [0.4, 0.5) is 0 Å². The van der Waals surface area contributed by atoms with Crippen LogP contribution >= 0.6 is 0 Å². The molecule has 2 heteroatoms. The molecule has 1 aliphatic carbocycles. The zero-order chi connectivity index (χ0) is 9.85. The van der Waals surface area contributed by atoms with E-state index in [1.807, 2.05) is 17.9 Å². The molecule has 1 aromatic rings. The third-order valence-electron chi connectivity index (χ3n) is 3.19. The van der Waals surface area contributed by atoms with Crippen molar-refractivity contribution in [2.24, 2.45) is 7.05 Å². The molecule has 1 heterocycles. The fraction of sp³-hybridized carbons (Fsp3) is 0.727. The van der Waals surface area contributed by atoms with Crippen molar-refractivity contribution in [2.75, 3.05) is 0 Å². The topological polar surface area (TPSA) is 17.8 Å². The van der Waals surface area contributed by atoms with Crippen LogP contribution in [0.2, 0.25) is 0 Å². The lowest BCUT2D eigenvalue weighted by Crippen LogP contribution is -2.21. The minimum Gasteiger partial charge on any atom is -0.272 e. The molecule has 72 valence electrons. The highest BCUT2D eigenvalue weighted by Gasteiger charge is 2.44. The molecule has 0 amide bonds. The van der Waals surface area contributed by atoms with E-state index in [0.29, 0.717) is 5.41 Å². The van der Waals surface area contributed by atoms with Crippen molar-refractivity contribution in [3.05, 3.63) is 17.5 Å². The Hall–Kier alpha value is -0.790. The maximum atomic E-state index is 4.35. The molecule has 0 fully saturated rings. The summed E-state index contributed by atoms with van der Waals surface area (Å²) in [6.45, 7) is 9.23. The van der Waals surface area contributed by atoms with E-state index in [-0.39, 0.29) is 5.41 Å². The summed E-state index contributed by atoms with van der Waals surface area (Å²) < 4.78 is 2.03. The average molecular weight is 178 g/mol. The Bertz CT molecular complexity index is 345. The lowest BCUT2D eigenvalue weighted by Gasteiger charge is -2.23. The van der Waals surface area contributed by atoms with Crippen LogP contribution in [0.15, 0.2) is 6.20 Å². The molecule has 0 aliphatic heterocycles. The lowest BCUT2D eigenvalue weighted by molar-refractivity contribution is 0.386. The molecule has 0 N–H and O–H groups in total. The van der Waals surface area contributed by atoms with Crippen LogP contribution in [0.5, 0.6) is 0 Å². The molecule has 0 radical (unpaired) electrons. The molecule has 2 rings (SSSR count). The van der Waals surface area contributed by atoms with E-state index in [4.69, 9.17) is 0 Å². The first-order valence-electron chi connectivity index (χ1n) is 4.87. The second-order valence-corrected chi connectivity index (χ2v) is 5.48. The maximum Gasteiger partial charge on any atom is 0.0530 e. The van der Waals surface area contributed by atoms with Gasteiger partial charge in [-0.2, -0.15) is 5.10 Å². The van der Waals surface area contributed by atoms with Gasteiger partial charge in [-0.15, -0.1) is 0 Å². The molecule has 0 bridgehead atoms. The summed E-state index contributed by atoms with van der Waals surface area (Å²) >= 11 is 0. The summed E-state index contributed by atoms with van der Waals surface area (Å²) in [7, 11) is 2.04. The summed E-state index contributed by atoms with van der Waals surface area (Å²) in [5.74, 6) is 0. The average Bonchev–Trinajstić information content (AvgIpc) is 2.35. The lowest BCUT2D eigenvalue weighted by atomic mass is 9.82. The van der Waals surface area contributed by atoms with E-state index in [2.05, 4.69) is 32.8 Å². The molecule has 0 spiro atoms. The second kappa shape index (κ2) is 2.17. The highest BCUT2D eigenvalue weighted by Crippen LogP contribution is 2.48. The Kier molecular flexibility index (Phi) is 1.47. The van der Waals surface area contributed by atoms with Gasteiger partial charge < -0.3 is 0 Å². The van der Waals surface area contributed by atoms with Gasteiger partial charge in [0.05, 0.1) is 6.20 Å². The first kappa shape index (κ1) is 8.79. The molecule has 1 aromatic heterocycles. The number of fused-ring (bicyclic) bond motifs is 1.